The molecule has 2 aliphatic heterocycles. The van der Waals surface area contributed by atoms with E-state index in [1.165, 1.54) is 0 Å². The van der Waals surface area contributed by atoms with E-state index in [-0.39, 0.29) is 12.5 Å². The van der Waals surface area contributed by atoms with Crippen molar-refractivity contribution in [2.24, 2.45) is 4.99 Å². The van der Waals surface area contributed by atoms with E-state index in [9.17, 15) is 4.79 Å². The fraction of sp³-hybridized carbons (Fsp3) is 0.636. The van der Waals surface area contributed by atoms with E-state index in [0.717, 1.165) is 88.2 Å². The highest BCUT2D eigenvalue weighted by molar-refractivity contribution is 5.85. The highest BCUT2D eigenvalue weighted by Crippen LogP contribution is 2.25. The van der Waals surface area contributed by atoms with Crippen LogP contribution in [0.25, 0.3) is 0 Å². The van der Waals surface area contributed by atoms with Gasteiger partial charge in [-0.05, 0) is 38.0 Å². The molecule has 0 aromatic heterocycles. The van der Waals surface area contributed by atoms with Crippen molar-refractivity contribution in [1.82, 2.24) is 20.0 Å². The third-order valence-electron chi connectivity index (χ3n) is 5.71. The Balaban J connectivity index is 1.56. The SMILES string of the molecule is CCNC(=NCC(=O)N1CCCC1)N1CCN(Cc2cc(OC)ccc2OC)CC1. The molecule has 2 saturated heterocycles. The van der Waals surface area contributed by atoms with Gasteiger partial charge in [0.05, 0.1) is 14.2 Å². The minimum atomic E-state index is 0.131. The van der Waals surface area contributed by atoms with Gasteiger partial charge in [0.25, 0.3) is 0 Å². The lowest BCUT2D eigenvalue weighted by atomic mass is 10.1. The minimum absolute atomic E-state index is 0.131. The van der Waals surface area contributed by atoms with Crippen LogP contribution in [0, 0.1) is 0 Å². The summed E-state index contributed by atoms with van der Waals surface area (Å²) in [6, 6.07) is 5.92. The second-order valence-corrected chi connectivity index (χ2v) is 7.70. The molecule has 0 bridgehead atoms. The monoisotopic (exact) mass is 417 g/mol. The van der Waals surface area contributed by atoms with Crippen LogP contribution in [0.3, 0.4) is 0 Å². The van der Waals surface area contributed by atoms with Crippen molar-refractivity contribution in [3.63, 3.8) is 0 Å². The second kappa shape index (κ2) is 11.1. The highest BCUT2D eigenvalue weighted by Gasteiger charge is 2.22. The van der Waals surface area contributed by atoms with E-state index >= 15 is 0 Å². The molecule has 8 heteroatoms. The predicted octanol–water partition coefficient (Wildman–Crippen LogP) is 1.41. The average molecular weight is 418 g/mol. The zero-order chi connectivity index (χ0) is 21.3. The van der Waals surface area contributed by atoms with Crippen LogP contribution in [-0.4, -0.2) is 93.1 Å². The summed E-state index contributed by atoms with van der Waals surface area (Å²) < 4.78 is 10.9. The van der Waals surface area contributed by atoms with Crippen LogP contribution < -0.4 is 14.8 Å². The first-order chi connectivity index (χ1) is 14.6. The molecule has 0 unspecified atom stereocenters. The number of piperazine rings is 1. The van der Waals surface area contributed by atoms with Crippen molar-refractivity contribution in [3.8, 4) is 11.5 Å². The number of carbonyl (C=O) groups excluding carboxylic acids is 1. The molecule has 1 amide bonds. The van der Waals surface area contributed by atoms with Crippen LogP contribution in [0.4, 0.5) is 0 Å². The Bertz CT molecular complexity index is 725. The molecule has 1 aromatic rings. The van der Waals surface area contributed by atoms with Crippen LogP contribution in [0.15, 0.2) is 23.2 Å². The van der Waals surface area contributed by atoms with E-state index in [2.05, 4.69) is 27.0 Å². The normalized spacial score (nSPS) is 17.9. The maximum atomic E-state index is 12.3. The Morgan fingerprint density at radius 2 is 1.77 bits per heavy atom. The molecular weight excluding hydrogens is 382 g/mol. The first kappa shape index (κ1) is 22.2. The molecule has 1 N–H and O–H groups in total. The number of amides is 1. The number of nitrogens with zero attached hydrogens (tertiary/aromatic N) is 4. The molecule has 2 fully saturated rings. The quantitative estimate of drug-likeness (QED) is 0.534. The maximum Gasteiger partial charge on any atom is 0.244 e. The van der Waals surface area contributed by atoms with Crippen LogP contribution >= 0.6 is 0 Å². The molecule has 0 aliphatic carbocycles. The number of ether oxygens (including phenoxy) is 2. The lowest BCUT2D eigenvalue weighted by molar-refractivity contribution is -0.128. The molecule has 1 aromatic carbocycles. The topological polar surface area (TPSA) is 69.6 Å². The Morgan fingerprint density at radius 3 is 2.40 bits per heavy atom. The van der Waals surface area contributed by atoms with Gasteiger partial charge in [0, 0.05) is 57.9 Å². The van der Waals surface area contributed by atoms with Crippen molar-refractivity contribution >= 4 is 11.9 Å². The van der Waals surface area contributed by atoms with Crippen molar-refractivity contribution < 1.29 is 14.3 Å². The zero-order valence-electron chi connectivity index (χ0n) is 18.5. The number of carbonyl (C=O) groups is 1. The molecule has 0 radical (unpaired) electrons. The number of hydrogen-bond acceptors (Lipinski definition) is 5. The summed E-state index contributed by atoms with van der Waals surface area (Å²) in [5.41, 5.74) is 1.13. The van der Waals surface area contributed by atoms with Crippen molar-refractivity contribution in [1.29, 1.82) is 0 Å². The lowest BCUT2D eigenvalue weighted by Gasteiger charge is -2.36. The Hall–Kier alpha value is -2.48. The maximum absolute atomic E-state index is 12.3. The van der Waals surface area contributed by atoms with Gasteiger partial charge in [-0.1, -0.05) is 0 Å². The van der Waals surface area contributed by atoms with Crippen molar-refractivity contribution in [2.45, 2.75) is 26.3 Å². The fourth-order valence-corrected chi connectivity index (χ4v) is 4.00. The van der Waals surface area contributed by atoms with E-state index < -0.39 is 0 Å². The highest BCUT2D eigenvalue weighted by atomic mass is 16.5. The fourth-order valence-electron chi connectivity index (χ4n) is 4.00. The Kier molecular flexibility index (Phi) is 8.19. The predicted molar refractivity (Wildman–Crippen MR) is 118 cm³/mol. The van der Waals surface area contributed by atoms with E-state index in [0.29, 0.717) is 0 Å². The van der Waals surface area contributed by atoms with Crippen molar-refractivity contribution in [2.75, 3.05) is 66.6 Å². The third kappa shape index (κ3) is 5.78. The summed E-state index contributed by atoms with van der Waals surface area (Å²) in [5, 5.41) is 3.35. The third-order valence-corrected chi connectivity index (χ3v) is 5.71. The van der Waals surface area contributed by atoms with E-state index in [4.69, 9.17) is 9.47 Å². The van der Waals surface area contributed by atoms with Gasteiger partial charge in [0.2, 0.25) is 5.91 Å². The Morgan fingerprint density at radius 1 is 1.03 bits per heavy atom. The molecule has 166 valence electrons. The number of aliphatic imine (C=N–C) groups is 1. The minimum Gasteiger partial charge on any atom is -0.497 e. The van der Waals surface area contributed by atoms with Gasteiger partial charge in [0.1, 0.15) is 18.0 Å². The number of likely N-dealkylation sites (tertiary alicyclic amines) is 1. The molecule has 8 nitrogen and oxygen atoms in total. The van der Waals surface area contributed by atoms with Crippen molar-refractivity contribution in [3.05, 3.63) is 23.8 Å². The number of hydrogen-bond donors (Lipinski definition) is 1. The molecule has 0 atom stereocenters. The molecule has 2 aliphatic rings. The first-order valence-electron chi connectivity index (χ1n) is 10.9. The van der Waals surface area contributed by atoms with Crippen LogP contribution in [0.5, 0.6) is 11.5 Å². The number of guanidine groups is 1. The van der Waals surface area contributed by atoms with Crippen LogP contribution in [0.1, 0.15) is 25.3 Å². The number of methoxy groups -OCH3 is 2. The summed E-state index contributed by atoms with van der Waals surface area (Å²) in [6.07, 6.45) is 2.21. The summed E-state index contributed by atoms with van der Waals surface area (Å²) in [5.74, 6) is 2.69. The zero-order valence-corrected chi connectivity index (χ0v) is 18.5. The summed E-state index contributed by atoms with van der Waals surface area (Å²) >= 11 is 0. The smallest absolute Gasteiger partial charge is 0.244 e. The number of nitrogens with one attached hydrogen (secondary N) is 1. The number of rotatable bonds is 7. The van der Waals surface area contributed by atoms with E-state index in [1.54, 1.807) is 14.2 Å². The molecule has 3 rings (SSSR count). The van der Waals surface area contributed by atoms with Gasteiger partial charge in [0.15, 0.2) is 5.96 Å². The molecule has 0 spiro atoms. The van der Waals surface area contributed by atoms with Gasteiger partial charge in [-0.25, -0.2) is 4.99 Å². The van der Waals surface area contributed by atoms with Crippen LogP contribution in [0.2, 0.25) is 0 Å². The summed E-state index contributed by atoms with van der Waals surface area (Å²) in [7, 11) is 3.38. The van der Waals surface area contributed by atoms with Gasteiger partial charge in [-0.3, -0.25) is 9.69 Å². The summed E-state index contributed by atoms with van der Waals surface area (Å²) in [6.45, 7) is 9.22. The average Bonchev–Trinajstić information content (AvgIpc) is 3.32. The van der Waals surface area contributed by atoms with Gasteiger partial charge < -0.3 is 24.6 Å². The summed E-state index contributed by atoms with van der Waals surface area (Å²) in [4.78, 5) is 23.6. The molecule has 2 heterocycles. The molecule has 0 saturated carbocycles. The lowest BCUT2D eigenvalue weighted by Crippen LogP contribution is -2.52. The molecular formula is C22H35N5O3. The standard InChI is InChI=1S/C22H35N5O3/c1-4-23-22(24-16-21(28)26-9-5-6-10-26)27-13-11-25(12-14-27)17-18-15-19(29-2)7-8-20(18)30-3/h7-8,15H,4-6,9-14,16-17H2,1-3H3,(H,23,24). The van der Waals surface area contributed by atoms with Gasteiger partial charge >= 0.3 is 0 Å². The first-order valence-corrected chi connectivity index (χ1v) is 10.9. The van der Waals surface area contributed by atoms with Crippen LogP contribution in [-0.2, 0) is 11.3 Å². The van der Waals surface area contributed by atoms with E-state index in [1.807, 2.05) is 23.1 Å². The molecule has 30 heavy (non-hydrogen) atoms. The number of benzene rings is 1. The van der Waals surface area contributed by atoms with Gasteiger partial charge in [-0.15, -0.1) is 0 Å². The van der Waals surface area contributed by atoms with Gasteiger partial charge in [-0.2, -0.15) is 0 Å². The second-order valence-electron chi connectivity index (χ2n) is 7.70. The largest absolute Gasteiger partial charge is 0.497 e. The Labute approximate surface area is 179 Å².